The number of halogens is 2. The van der Waals surface area contributed by atoms with Crippen LogP contribution < -0.4 is 0 Å². The van der Waals surface area contributed by atoms with E-state index in [0.29, 0.717) is 27.9 Å². The number of fused-ring (bicyclic) bond motifs is 1. The van der Waals surface area contributed by atoms with E-state index in [4.69, 9.17) is 23.2 Å². The molecule has 2 aliphatic rings. The quantitative estimate of drug-likeness (QED) is 0.392. The van der Waals surface area contributed by atoms with Gasteiger partial charge in [0.2, 0.25) is 0 Å². The van der Waals surface area contributed by atoms with Crippen molar-refractivity contribution in [2.24, 2.45) is 11.8 Å². The lowest BCUT2D eigenvalue weighted by atomic mass is 9.80. The smallest absolute Gasteiger partial charge is 0.133 e. The van der Waals surface area contributed by atoms with Crippen molar-refractivity contribution < 1.29 is 5.11 Å². The van der Waals surface area contributed by atoms with E-state index in [-0.39, 0.29) is 0 Å². The average Bonchev–Trinajstić information content (AvgIpc) is 2.90. The summed E-state index contributed by atoms with van der Waals surface area (Å²) in [5.74, 6) is 1.04. The zero-order valence-corrected chi connectivity index (χ0v) is 21.5. The molecule has 3 heterocycles. The van der Waals surface area contributed by atoms with Gasteiger partial charge in [0.25, 0.3) is 0 Å². The number of hydrogen-bond donors (Lipinski definition) is 1. The van der Waals surface area contributed by atoms with E-state index < -0.39 is 6.23 Å². The molecule has 4 nitrogen and oxygen atoms in total. The van der Waals surface area contributed by atoms with E-state index in [1.54, 1.807) is 6.20 Å². The Morgan fingerprint density at radius 1 is 1.03 bits per heavy atom. The van der Waals surface area contributed by atoms with Gasteiger partial charge in [0, 0.05) is 37.3 Å². The number of hydrogen-bond acceptors (Lipinski definition) is 4. The first-order chi connectivity index (χ1) is 17.0. The van der Waals surface area contributed by atoms with E-state index in [1.165, 1.54) is 5.56 Å². The van der Waals surface area contributed by atoms with Gasteiger partial charge in [0.05, 0.1) is 15.6 Å². The molecule has 2 fully saturated rings. The lowest BCUT2D eigenvalue weighted by molar-refractivity contribution is -0.0320. The third kappa shape index (κ3) is 5.58. The minimum atomic E-state index is -0.571. The molecule has 1 aromatic heterocycles. The lowest BCUT2D eigenvalue weighted by Gasteiger charge is -2.45. The summed E-state index contributed by atoms with van der Waals surface area (Å²) < 4.78 is 0. The van der Waals surface area contributed by atoms with Crippen molar-refractivity contribution in [3.63, 3.8) is 0 Å². The maximum Gasteiger partial charge on any atom is 0.133 e. The van der Waals surface area contributed by atoms with Crippen molar-refractivity contribution in [3.05, 3.63) is 88.6 Å². The van der Waals surface area contributed by atoms with Crippen LogP contribution >= 0.6 is 23.2 Å². The highest BCUT2D eigenvalue weighted by atomic mass is 35.5. The van der Waals surface area contributed by atoms with Crippen LogP contribution in [0.15, 0.2) is 67.4 Å². The molecule has 2 aliphatic heterocycles. The van der Waals surface area contributed by atoms with Crippen LogP contribution in [-0.4, -0.2) is 52.1 Å². The molecule has 0 bridgehead atoms. The molecule has 184 valence electrons. The largest absolute Gasteiger partial charge is 0.374 e. The Balaban J connectivity index is 1.16. The predicted octanol–water partition coefficient (Wildman–Crippen LogP) is 6.36. The summed E-state index contributed by atoms with van der Waals surface area (Å²) in [7, 11) is 0. The topological polar surface area (TPSA) is 39.6 Å². The average molecular weight is 511 g/mol. The fourth-order valence-corrected chi connectivity index (χ4v) is 6.16. The zero-order chi connectivity index (χ0) is 24.4. The van der Waals surface area contributed by atoms with E-state index >= 15 is 0 Å². The number of aliphatic hydroxyl groups is 1. The number of piperidine rings is 2. The molecule has 0 amide bonds. The Labute approximate surface area is 218 Å². The highest BCUT2D eigenvalue weighted by molar-refractivity contribution is 6.42. The molecule has 1 N–H and O–H groups in total. The van der Waals surface area contributed by atoms with Crippen LogP contribution in [0.5, 0.6) is 0 Å². The molecule has 6 heteroatoms. The molecular formula is C29H33Cl2N3O. The first-order valence-corrected chi connectivity index (χ1v) is 13.3. The van der Waals surface area contributed by atoms with Crippen molar-refractivity contribution in [2.75, 3.05) is 26.2 Å². The van der Waals surface area contributed by atoms with Gasteiger partial charge in [-0.05, 0) is 85.5 Å². The molecule has 0 saturated carbocycles. The number of benzene rings is 2. The monoisotopic (exact) mass is 509 g/mol. The van der Waals surface area contributed by atoms with Crippen molar-refractivity contribution in [1.82, 2.24) is 14.8 Å². The standard InChI is InChI=1S/C29H33Cl2N3O/c1-2-21-19-34(13-9-22(21)16-20-5-7-26(30)27(31)17-20)25-10-14-33(15-11-25)29(35)24-6-8-28-23(18-24)4-3-12-32-28/h2-8,12,17-18,21-22,25,29,35H,1,9-11,13-16,19H2. The van der Waals surface area contributed by atoms with E-state index in [2.05, 4.69) is 39.6 Å². The summed E-state index contributed by atoms with van der Waals surface area (Å²) in [5.41, 5.74) is 3.15. The zero-order valence-electron chi connectivity index (χ0n) is 20.0. The SMILES string of the molecule is C=CC1CN(C2CCN(C(O)c3ccc4ncccc4c3)CC2)CCC1Cc1ccc(Cl)c(Cl)c1. The maximum atomic E-state index is 11.1. The van der Waals surface area contributed by atoms with Crippen LogP contribution in [0.25, 0.3) is 10.9 Å². The fraction of sp³-hybridized carbons (Fsp3) is 0.414. The molecule has 0 aliphatic carbocycles. The third-order valence-electron chi connectivity index (χ3n) is 7.91. The molecule has 2 aromatic carbocycles. The summed E-state index contributed by atoms with van der Waals surface area (Å²) in [6, 6.07) is 16.6. The van der Waals surface area contributed by atoms with E-state index in [1.807, 2.05) is 36.4 Å². The first-order valence-electron chi connectivity index (χ1n) is 12.6. The van der Waals surface area contributed by atoms with Crippen LogP contribution in [0.3, 0.4) is 0 Å². The summed E-state index contributed by atoms with van der Waals surface area (Å²) in [6.07, 6.45) is 7.69. The van der Waals surface area contributed by atoms with Gasteiger partial charge in [0.1, 0.15) is 6.23 Å². The van der Waals surface area contributed by atoms with Gasteiger partial charge in [-0.2, -0.15) is 0 Å². The highest BCUT2D eigenvalue weighted by Gasteiger charge is 2.34. The Morgan fingerprint density at radius 3 is 2.63 bits per heavy atom. The molecule has 3 aromatic rings. The molecule has 3 unspecified atom stereocenters. The molecule has 0 radical (unpaired) electrons. The van der Waals surface area contributed by atoms with Crippen LogP contribution in [0.4, 0.5) is 0 Å². The number of likely N-dealkylation sites (tertiary alicyclic amines) is 2. The van der Waals surface area contributed by atoms with Gasteiger partial charge in [-0.3, -0.25) is 14.8 Å². The molecule has 2 saturated heterocycles. The van der Waals surface area contributed by atoms with Crippen molar-refractivity contribution in [1.29, 1.82) is 0 Å². The molecular weight excluding hydrogens is 477 g/mol. The molecule has 35 heavy (non-hydrogen) atoms. The summed E-state index contributed by atoms with van der Waals surface area (Å²) in [6.45, 7) is 8.13. The van der Waals surface area contributed by atoms with Crippen LogP contribution in [-0.2, 0) is 6.42 Å². The first kappa shape index (κ1) is 24.7. The second-order valence-corrected chi connectivity index (χ2v) is 10.8. The number of nitrogens with zero attached hydrogens (tertiary/aromatic N) is 3. The minimum absolute atomic E-state index is 0.466. The number of rotatable bonds is 6. The Morgan fingerprint density at radius 2 is 1.86 bits per heavy atom. The normalized spacial score (nSPS) is 23.4. The fourth-order valence-electron chi connectivity index (χ4n) is 5.84. The van der Waals surface area contributed by atoms with Crippen LogP contribution in [0.2, 0.25) is 10.0 Å². The third-order valence-corrected chi connectivity index (χ3v) is 8.65. The highest BCUT2D eigenvalue weighted by Crippen LogP contribution is 2.33. The Bertz CT molecular complexity index is 1180. The summed E-state index contributed by atoms with van der Waals surface area (Å²) >= 11 is 12.3. The summed E-state index contributed by atoms with van der Waals surface area (Å²) in [5, 5.41) is 13.4. The van der Waals surface area contributed by atoms with Gasteiger partial charge in [-0.25, -0.2) is 0 Å². The van der Waals surface area contributed by atoms with Crippen molar-refractivity contribution in [2.45, 2.75) is 38.0 Å². The molecule has 0 spiro atoms. The van der Waals surface area contributed by atoms with Crippen LogP contribution in [0, 0.1) is 11.8 Å². The number of aliphatic hydroxyl groups excluding tert-OH is 1. The van der Waals surface area contributed by atoms with Gasteiger partial charge < -0.3 is 5.11 Å². The number of pyridine rings is 1. The van der Waals surface area contributed by atoms with Crippen molar-refractivity contribution in [3.8, 4) is 0 Å². The Kier molecular flexibility index (Phi) is 7.76. The minimum Gasteiger partial charge on any atom is -0.374 e. The lowest BCUT2D eigenvalue weighted by Crippen LogP contribution is -2.50. The van der Waals surface area contributed by atoms with Gasteiger partial charge in [-0.15, -0.1) is 6.58 Å². The molecule has 3 atom stereocenters. The Hall–Kier alpha value is -1.95. The van der Waals surface area contributed by atoms with Gasteiger partial charge >= 0.3 is 0 Å². The van der Waals surface area contributed by atoms with Crippen molar-refractivity contribution >= 4 is 34.1 Å². The van der Waals surface area contributed by atoms with Gasteiger partial charge in [-0.1, -0.05) is 47.5 Å². The van der Waals surface area contributed by atoms with Gasteiger partial charge in [0.15, 0.2) is 0 Å². The maximum absolute atomic E-state index is 11.1. The molecule has 5 rings (SSSR count). The summed E-state index contributed by atoms with van der Waals surface area (Å²) in [4.78, 5) is 9.25. The van der Waals surface area contributed by atoms with Crippen LogP contribution in [0.1, 0.15) is 36.6 Å². The second-order valence-electron chi connectivity index (χ2n) is 9.99. The van der Waals surface area contributed by atoms with E-state index in [0.717, 1.165) is 68.3 Å². The number of aromatic nitrogens is 1. The second kappa shape index (κ2) is 11.0. The predicted molar refractivity (Wildman–Crippen MR) is 145 cm³/mol. The van der Waals surface area contributed by atoms with E-state index in [9.17, 15) is 5.11 Å².